The van der Waals surface area contributed by atoms with Crippen LogP contribution in [-0.4, -0.2) is 4.98 Å². The second kappa shape index (κ2) is 6.02. The monoisotopic (exact) mass is 328 g/mol. The first-order valence-electron chi connectivity index (χ1n) is 6.44. The number of aromatic nitrogens is 1. The van der Waals surface area contributed by atoms with E-state index in [-0.39, 0.29) is 5.41 Å². The lowest BCUT2D eigenvalue weighted by Gasteiger charge is -2.16. The number of nitrogens with zero attached hydrogens (tertiary/aromatic N) is 1. The average Bonchev–Trinajstić information content (AvgIpc) is 2.76. The molecule has 2 nitrogen and oxygen atoms in total. The molecule has 2 N–H and O–H groups in total. The van der Waals surface area contributed by atoms with E-state index >= 15 is 0 Å². The Hall–Kier alpha value is -0.610. The van der Waals surface area contributed by atoms with Gasteiger partial charge in [-0.15, -0.1) is 11.3 Å². The van der Waals surface area contributed by atoms with Crippen molar-refractivity contribution in [2.45, 2.75) is 39.2 Å². The quantitative estimate of drug-likeness (QED) is 0.879. The standard InChI is InChI=1S/C15H18Cl2N2S/c1-15(2,3)14-12(8-18)20-13(19-14)6-9-4-5-10(16)7-11(9)17/h4-5,7H,6,8,18H2,1-3H3. The SMILES string of the molecule is CC(C)(C)c1nc(Cc2ccc(Cl)cc2Cl)sc1CN. The third-order valence-corrected chi connectivity index (χ3v) is 4.66. The summed E-state index contributed by atoms with van der Waals surface area (Å²) in [4.78, 5) is 5.91. The van der Waals surface area contributed by atoms with E-state index in [4.69, 9.17) is 33.9 Å². The summed E-state index contributed by atoms with van der Waals surface area (Å²) >= 11 is 13.8. The van der Waals surface area contributed by atoms with Crippen molar-refractivity contribution in [1.82, 2.24) is 4.98 Å². The highest BCUT2D eigenvalue weighted by molar-refractivity contribution is 7.11. The van der Waals surface area contributed by atoms with Crippen LogP contribution in [-0.2, 0) is 18.4 Å². The smallest absolute Gasteiger partial charge is 0.0976 e. The van der Waals surface area contributed by atoms with Gasteiger partial charge in [0.15, 0.2) is 0 Å². The molecule has 0 amide bonds. The summed E-state index contributed by atoms with van der Waals surface area (Å²) < 4.78 is 0. The lowest BCUT2D eigenvalue weighted by atomic mass is 9.91. The molecule has 0 saturated heterocycles. The largest absolute Gasteiger partial charge is 0.326 e. The summed E-state index contributed by atoms with van der Waals surface area (Å²) in [6.07, 6.45) is 0.712. The Balaban J connectivity index is 2.32. The predicted octanol–water partition coefficient (Wildman–Crippen LogP) is 4.80. The molecule has 0 aliphatic carbocycles. The number of hydrogen-bond acceptors (Lipinski definition) is 3. The van der Waals surface area contributed by atoms with Gasteiger partial charge in [-0.1, -0.05) is 50.0 Å². The predicted molar refractivity (Wildman–Crippen MR) is 88.0 cm³/mol. The highest BCUT2D eigenvalue weighted by Crippen LogP contribution is 2.31. The first-order valence-corrected chi connectivity index (χ1v) is 8.01. The molecule has 0 bridgehead atoms. The zero-order chi connectivity index (χ0) is 14.9. The fourth-order valence-electron chi connectivity index (χ4n) is 2.03. The van der Waals surface area contributed by atoms with Crippen LogP contribution in [0.25, 0.3) is 0 Å². The Morgan fingerprint density at radius 3 is 2.45 bits per heavy atom. The van der Waals surface area contributed by atoms with Gasteiger partial charge in [-0.05, 0) is 17.7 Å². The number of benzene rings is 1. The Bertz CT molecular complexity index is 615. The summed E-state index contributed by atoms with van der Waals surface area (Å²) in [5.74, 6) is 0. The van der Waals surface area contributed by atoms with Gasteiger partial charge in [0.05, 0.1) is 10.7 Å². The van der Waals surface area contributed by atoms with E-state index in [0.717, 1.165) is 21.1 Å². The normalized spacial score (nSPS) is 11.9. The zero-order valence-electron chi connectivity index (χ0n) is 11.8. The van der Waals surface area contributed by atoms with Gasteiger partial charge in [-0.25, -0.2) is 4.98 Å². The summed E-state index contributed by atoms with van der Waals surface area (Å²) in [5.41, 5.74) is 7.96. The molecule has 5 heteroatoms. The first kappa shape index (κ1) is 15.8. The summed E-state index contributed by atoms with van der Waals surface area (Å²) in [6, 6.07) is 5.57. The van der Waals surface area contributed by atoms with Crippen molar-refractivity contribution in [1.29, 1.82) is 0 Å². The second-order valence-corrected chi connectivity index (χ2v) is 7.76. The van der Waals surface area contributed by atoms with E-state index < -0.39 is 0 Å². The number of halogens is 2. The van der Waals surface area contributed by atoms with Gasteiger partial charge >= 0.3 is 0 Å². The number of hydrogen-bond donors (Lipinski definition) is 1. The van der Waals surface area contributed by atoms with E-state index in [2.05, 4.69) is 20.8 Å². The van der Waals surface area contributed by atoms with Gasteiger partial charge < -0.3 is 5.73 Å². The van der Waals surface area contributed by atoms with Gasteiger partial charge in [-0.2, -0.15) is 0 Å². The maximum atomic E-state index is 6.22. The lowest BCUT2D eigenvalue weighted by molar-refractivity contribution is 0.565. The minimum atomic E-state index is 0.00719. The molecule has 1 aromatic heterocycles. The molecular formula is C15H18Cl2N2S. The Morgan fingerprint density at radius 2 is 1.95 bits per heavy atom. The zero-order valence-corrected chi connectivity index (χ0v) is 14.2. The minimum Gasteiger partial charge on any atom is -0.326 e. The van der Waals surface area contributed by atoms with Crippen LogP contribution < -0.4 is 5.73 Å². The van der Waals surface area contributed by atoms with Crippen LogP contribution in [0.5, 0.6) is 0 Å². The van der Waals surface area contributed by atoms with Crippen LogP contribution in [0.2, 0.25) is 10.0 Å². The molecule has 0 saturated carbocycles. The molecule has 108 valence electrons. The van der Waals surface area contributed by atoms with E-state index in [1.54, 1.807) is 17.4 Å². The molecule has 0 aliphatic rings. The molecule has 2 aromatic rings. The van der Waals surface area contributed by atoms with E-state index in [1.165, 1.54) is 0 Å². The van der Waals surface area contributed by atoms with Gasteiger partial charge in [0.25, 0.3) is 0 Å². The maximum Gasteiger partial charge on any atom is 0.0976 e. The van der Waals surface area contributed by atoms with Crippen LogP contribution in [0.4, 0.5) is 0 Å². The van der Waals surface area contributed by atoms with Gasteiger partial charge in [-0.3, -0.25) is 0 Å². The fourth-order valence-corrected chi connectivity index (χ4v) is 3.68. The molecular weight excluding hydrogens is 311 g/mol. The van der Waals surface area contributed by atoms with Crippen molar-refractivity contribution in [3.8, 4) is 0 Å². The molecule has 1 aromatic carbocycles. The molecule has 0 aliphatic heterocycles. The molecule has 0 fully saturated rings. The summed E-state index contributed by atoms with van der Waals surface area (Å²) in [7, 11) is 0. The van der Waals surface area contributed by atoms with E-state index in [1.807, 2.05) is 12.1 Å². The van der Waals surface area contributed by atoms with Crippen molar-refractivity contribution in [2.24, 2.45) is 5.73 Å². The van der Waals surface area contributed by atoms with E-state index in [0.29, 0.717) is 23.0 Å². The molecule has 2 rings (SSSR count). The van der Waals surface area contributed by atoms with Gasteiger partial charge in [0.1, 0.15) is 0 Å². The highest BCUT2D eigenvalue weighted by atomic mass is 35.5. The van der Waals surface area contributed by atoms with Crippen LogP contribution in [0.1, 0.15) is 41.9 Å². The van der Waals surface area contributed by atoms with Gasteiger partial charge in [0, 0.05) is 33.3 Å². The number of thiazole rings is 1. The van der Waals surface area contributed by atoms with Crippen molar-refractivity contribution < 1.29 is 0 Å². The van der Waals surface area contributed by atoms with Crippen molar-refractivity contribution in [3.05, 3.63) is 49.4 Å². The molecule has 1 heterocycles. The minimum absolute atomic E-state index is 0.00719. The van der Waals surface area contributed by atoms with Crippen LogP contribution in [0.15, 0.2) is 18.2 Å². The molecule has 0 spiro atoms. The van der Waals surface area contributed by atoms with Crippen molar-refractivity contribution in [3.63, 3.8) is 0 Å². The summed E-state index contributed by atoms with van der Waals surface area (Å²) in [5, 5.41) is 2.37. The summed E-state index contributed by atoms with van der Waals surface area (Å²) in [6.45, 7) is 6.99. The number of nitrogens with two attached hydrogens (primary N) is 1. The van der Waals surface area contributed by atoms with Crippen molar-refractivity contribution in [2.75, 3.05) is 0 Å². The second-order valence-electron chi connectivity index (χ2n) is 5.75. The highest BCUT2D eigenvalue weighted by Gasteiger charge is 2.22. The van der Waals surface area contributed by atoms with Crippen LogP contribution >= 0.6 is 34.5 Å². The molecule has 20 heavy (non-hydrogen) atoms. The molecule has 0 unspecified atom stereocenters. The Morgan fingerprint density at radius 1 is 1.25 bits per heavy atom. The number of rotatable bonds is 3. The Labute approximate surface area is 133 Å². The van der Waals surface area contributed by atoms with Crippen LogP contribution in [0.3, 0.4) is 0 Å². The van der Waals surface area contributed by atoms with Crippen molar-refractivity contribution >= 4 is 34.5 Å². The topological polar surface area (TPSA) is 38.9 Å². The molecule has 0 atom stereocenters. The van der Waals surface area contributed by atoms with Crippen LogP contribution in [0, 0.1) is 0 Å². The van der Waals surface area contributed by atoms with Gasteiger partial charge in [0.2, 0.25) is 0 Å². The maximum absolute atomic E-state index is 6.22. The average molecular weight is 329 g/mol. The third kappa shape index (κ3) is 3.53. The Kier molecular flexibility index (Phi) is 4.75. The first-order chi connectivity index (χ1) is 9.31. The fraction of sp³-hybridized carbons (Fsp3) is 0.400. The lowest BCUT2D eigenvalue weighted by Crippen LogP contribution is -2.15. The third-order valence-electron chi connectivity index (χ3n) is 2.99. The van der Waals surface area contributed by atoms with E-state index in [9.17, 15) is 0 Å². The molecule has 0 radical (unpaired) electrons.